The second-order valence-corrected chi connectivity index (χ2v) is 9.35. The van der Waals surface area contributed by atoms with Gasteiger partial charge in [0.05, 0.1) is 25.3 Å². The molecular formula is C21H30N4O3S. The number of hydrogen-bond donors (Lipinski definition) is 3. The summed E-state index contributed by atoms with van der Waals surface area (Å²) in [5.41, 5.74) is 2.01. The minimum Gasteiger partial charge on any atom is -0.377 e. The summed E-state index contributed by atoms with van der Waals surface area (Å²) in [6, 6.07) is 8.91. The van der Waals surface area contributed by atoms with Crippen molar-refractivity contribution in [2.24, 2.45) is 0 Å². The Morgan fingerprint density at radius 2 is 2.10 bits per heavy atom. The number of fused-ring (bicyclic) bond motifs is 1. The minimum atomic E-state index is -0.0428. The number of hydrogen-bond acceptors (Lipinski definition) is 5. The predicted molar refractivity (Wildman–Crippen MR) is 117 cm³/mol. The van der Waals surface area contributed by atoms with E-state index in [0.29, 0.717) is 17.7 Å². The molecule has 0 unspecified atom stereocenters. The molecule has 3 saturated heterocycles. The first-order valence-electron chi connectivity index (χ1n) is 10.5. The molecule has 4 atom stereocenters. The number of nitrogens with one attached hydrogen (secondary N) is 3. The fourth-order valence-electron chi connectivity index (χ4n) is 4.34. The van der Waals surface area contributed by atoms with E-state index in [0.717, 1.165) is 50.5 Å². The number of benzene rings is 1. The van der Waals surface area contributed by atoms with E-state index in [-0.39, 0.29) is 24.0 Å². The summed E-state index contributed by atoms with van der Waals surface area (Å²) in [5, 5.41) is 9.44. The van der Waals surface area contributed by atoms with Gasteiger partial charge in [-0.2, -0.15) is 11.8 Å². The zero-order valence-corrected chi connectivity index (χ0v) is 17.7. The standard InChI is InChI=1S/C21H30N4O3S/c1-14-12-28-11-10-25(14)16-8-6-15(7-9-16)22-19(26)5-3-2-4-18-20-17(13-29-18)23-21(27)24-20/h6-9,14,17-18,20H,2-5,10-13H2,1H3,(H,22,26)(H2,23,24,27)/t14-,17-,18+,20-/m1/s1. The van der Waals surface area contributed by atoms with Gasteiger partial charge in [0.1, 0.15) is 0 Å². The van der Waals surface area contributed by atoms with Crippen LogP contribution in [0.15, 0.2) is 24.3 Å². The molecule has 1 aromatic rings. The molecule has 29 heavy (non-hydrogen) atoms. The molecule has 0 radical (unpaired) electrons. The van der Waals surface area contributed by atoms with Crippen LogP contribution in [0.25, 0.3) is 0 Å². The molecular weight excluding hydrogens is 388 g/mol. The minimum absolute atomic E-state index is 0.0428. The third kappa shape index (κ3) is 4.98. The Morgan fingerprint density at radius 3 is 2.90 bits per heavy atom. The van der Waals surface area contributed by atoms with Crippen LogP contribution in [-0.4, -0.2) is 60.8 Å². The van der Waals surface area contributed by atoms with Crippen LogP contribution in [0.2, 0.25) is 0 Å². The normalized spacial score (nSPS) is 28.6. The van der Waals surface area contributed by atoms with E-state index in [1.54, 1.807) is 0 Å². The van der Waals surface area contributed by atoms with E-state index in [9.17, 15) is 9.59 Å². The van der Waals surface area contributed by atoms with E-state index in [4.69, 9.17) is 4.74 Å². The van der Waals surface area contributed by atoms with Gasteiger partial charge in [0.15, 0.2) is 0 Å². The van der Waals surface area contributed by atoms with Crippen molar-refractivity contribution in [3.63, 3.8) is 0 Å². The molecule has 0 aromatic heterocycles. The molecule has 0 aliphatic carbocycles. The molecule has 3 heterocycles. The molecule has 3 N–H and O–H groups in total. The molecule has 0 saturated carbocycles. The van der Waals surface area contributed by atoms with Crippen molar-refractivity contribution in [1.82, 2.24) is 10.6 Å². The highest BCUT2D eigenvalue weighted by Crippen LogP contribution is 2.33. The number of carbonyl (C=O) groups is 2. The van der Waals surface area contributed by atoms with Gasteiger partial charge in [-0.3, -0.25) is 4.79 Å². The molecule has 0 spiro atoms. The van der Waals surface area contributed by atoms with Gasteiger partial charge in [0.25, 0.3) is 0 Å². The Labute approximate surface area is 176 Å². The summed E-state index contributed by atoms with van der Waals surface area (Å²) in [6.07, 6.45) is 3.43. The van der Waals surface area contributed by atoms with Gasteiger partial charge >= 0.3 is 6.03 Å². The van der Waals surface area contributed by atoms with Gasteiger partial charge in [-0.05, 0) is 44.0 Å². The van der Waals surface area contributed by atoms with Gasteiger partial charge in [0.2, 0.25) is 5.91 Å². The van der Waals surface area contributed by atoms with Crippen LogP contribution in [0, 0.1) is 0 Å². The second-order valence-electron chi connectivity index (χ2n) is 8.08. The molecule has 0 bridgehead atoms. The molecule has 4 rings (SSSR count). The number of amides is 3. The lowest BCUT2D eigenvalue weighted by Gasteiger charge is -2.35. The predicted octanol–water partition coefficient (Wildman–Crippen LogP) is 2.58. The zero-order valence-electron chi connectivity index (χ0n) is 16.9. The lowest BCUT2D eigenvalue weighted by molar-refractivity contribution is -0.116. The number of morpholine rings is 1. The number of nitrogens with zero attached hydrogens (tertiary/aromatic N) is 1. The first-order valence-corrected chi connectivity index (χ1v) is 11.6. The molecule has 1 aromatic carbocycles. The highest BCUT2D eigenvalue weighted by molar-refractivity contribution is 8.00. The Bertz CT molecular complexity index is 729. The highest BCUT2D eigenvalue weighted by Gasteiger charge is 2.42. The summed E-state index contributed by atoms with van der Waals surface area (Å²) >= 11 is 1.92. The third-order valence-corrected chi connectivity index (χ3v) is 7.44. The van der Waals surface area contributed by atoms with Crippen LogP contribution in [0.4, 0.5) is 16.2 Å². The molecule has 3 fully saturated rings. The van der Waals surface area contributed by atoms with E-state index < -0.39 is 0 Å². The van der Waals surface area contributed by atoms with Crippen molar-refractivity contribution in [3.8, 4) is 0 Å². The molecule has 3 aliphatic heterocycles. The monoisotopic (exact) mass is 418 g/mol. The Hall–Kier alpha value is -1.93. The van der Waals surface area contributed by atoms with Crippen LogP contribution in [0.5, 0.6) is 0 Å². The number of unbranched alkanes of at least 4 members (excludes halogenated alkanes) is 1. The van der Waals surface area contributed by atoms with Crippen molar-refractivity contribution in [2.45, 2.75) is 56.0 Å². The summed E-state index contributed by atoms with van der Waals surface area (Å²) in [7, 11) is 0. The fraction of sp³-hybridized carbons (Fsp3) is 0.619. The first-order chi connectivity index (χ1) is 14.1. The summed E-state index contributed by atoms with van der Waals surface area (Å²) < 4.78 is 5.49. The number of ether oxygens (including phenoxy) is 1. The number of urea groups is 1. The topological polar surface area (TPSA) is 82.7 Å². The van der Waals surface area contributed by atoms with Crippen LogP contribution < -0.4 is 20.9 Å². The van der Waals surface area contributed by atoms with Crippen molar-refractivity contribution in [1.29, 1.82) is 0 Å². The Kier molecular flexibility index (Phi) is 6.50. The van der Waals surface area contributed by atoms with E-state index in [1.165, 1.54) is 5.69 Å². The largest absolute Gasteiger partial charge is 0.377 e. The summed E-state index contributed by atoms with van der Waals surface area (Å²) in [5.74, 6) is 1.04. The van der Waals surface area contributed by atoms with Gasteiger partial charge in [-0.15, -0.1) is 0 Å². The maximum absolute atomic E-state index is 12.3. The van der Waals surface area contributed by atoms with Crippen LogP contribution in [0.3, 0.4) is 0 Å². The van der Waals surface area contributed by atoms with Crippen molar-refractivity contribution < 1.29 is 14.3 Å². The number of rotatable bonds is 7. The lowest BCUT2D eigenvalue weighted by Crippen LogP contribution is -2.43. The average molecular weight is 419 g/mol. The van der Waals surface area contributed by atoms with Gasteiger partial charge < -0.3 is 25.6 Å². The fourth-order valence-corrected chi connectivity index (χ4v) is 5.89. The number of carbonyl (C=O) groups excluding carboxylic acids is 2. The Balaban J connectivity index is 1.17. The SMILES string of the molecule is C[C@@H]1COCCN1c1ccc(NC(=O)CCCC[C@@H]2SC[C@H]3NC(=O)N[C@@H]23)cc1. The third-order valence-electron chi connectivity index (χ3n) is 5.93. The average Bonchev–Trinajstić information content (AvgIpc) is 3.26. The number of thioether (sulfide) groups is 1. The van der Waals surface area contributed by atoms with Gasteiger partial charge in [0, 0.05) is 41.4 Å². The first kappa shape index (κ1) is 20.3. The number of anilines is 2. The van der Waals surface area contributed by atoms with Crippen molar-refractivity contribution in [2.75, 3.05) is 35.7 Å². The van der Waals surface area contributed by atoms with E-state index in [1.807, 2.05) is 23.9 Å². The lowest BCUT2D eigenvalue weighted by atomic mass is 10.0. The summed E-state index contributed by atoms with van der Waals surface area (Å²) in [4.78, 5) is 26.0. The molecule has 158 valence electrons. The maximum atomic E-state index is 12.3. The quantitative estimate of drug-likeness (QED) is 0.468. The van der Waals surface area contributed by atoms with Crippen LogP contribution >= 0.6 is 11.8 Å². The maximum Gasteiger partial charge on any atom is 0.315 e. The van der Waals surface area contributed by atoms with Crippen molar-refractivity contribution >= 4 is 35.1 Å². The molecule has 3 aliphatic rings. The van der Waals surface area contributed by atoms with Gasteiger partial charge in [-0.25, -0.2) is 4.79 Å². The van der Waals surface area contributed by atoms with E-state index >= 15 is 0 Å². The molecule has 7 nitrogen and oxygen atoms in total. The Morgan fingerprint density at radius 1 is 1.28 bits per heavy atom. The molecule has 3 amide bonds. The van der Waals surface area contributed by atoms with E-state index in [2.05, 4.69) is 39.9 Å². The van der Waals surface area contributed by atoms with Crippen molar-refractivity contribution in [3.05, 3.63) is 24.3 Å². The zero-order chi connectivity index (χ0) is 20.2. The van der Waals surface area contributed by atoms with Crippen LogP contribution in [-0.2, 0) is 9.53 Å². The second kappa shape index (κ2) is 9.26. The smallest absolute Gasteiger partial charge is 0.315 e. The van der Waals surface area contributed by atoms with Crippen LogP contribution in [0.1, 0.15) is 32.6 Å². The highest BCUT2D eigenvalue weighted by atomic mass is 32.2. The van der Waals surface area contributed by atoms with Gasteiger partial charge in [-0.1, -0.05) is 6.42 Å². The summed E-state index contributed by atoms with van der Waals surface area (Å²) in [6.45, 7) is 4.57. The molecule has 8 heteroatoms.